The summed E-state index contributed by atoms with van der Waals surface area (Å²) in [5.41, 5.74) is 0. The lowest BCUT2D eigenvalue weighted by Gasteiger charge is -1.96. The van der Waals surface area contributed by atoms with Crippen LogP contribution in [-0.2, 0) is 6.42 Å². The Morgan fingerprint density at radius 3 is 3.07 bits per heavy atom. The summed E-state index contributed by atoms with van der Waals surface area (Å²) < 4.78 is 0. The molecule has 0 spiro atoms. The number of H-pyrrole nitrogens is 1. The molecule has 0 saturated carbocycles. The quantitative estimate of drug-likeness (QED) is 0.526. The van der Waals surface area contributed by atoms with Gasteiger partial charge in [-0.25, -0.2) is 4.98 Å². The molecule has 0 aliphatic carbocycles. The molecule has 0 aliphatic rings. The average Bonchev–Trinajstić information content (AvgIpc) is 2.66. The van der Waals surface area contributed by atoms with Crippen LogP contribution in [0.25, 0.3) is 0 Å². The molecule has 1 rings (SSSR count). The number of carbonyl (C=O) groups is 1. The second-order valence-electron chi connectivity index (χ2n) is 2.67. The molecule has 0 atom stereocenters. The first-order valence-corrected chi connectivity index (χ1v) is 4.40. The van der Waals surface area contributed by atoms with Gasteiger partial charge in [-0.2, -0.15) is 0 Å². The van der Waals surface area contributed by atoms with Crippen LogP contribution in [0.1, 0.15) is 29.8 Å². The second kappa shape index (κ2) is 5.02. The highest BCUT2D eigenvalue weighted by Gasteiger charge is 2.10. The number of carbonyl (C=O) groups excluding carboxylic acids is 1. The molecule has 1 heterocycles. The molecule has 2 N–H and O–H groups in total. The number of aryl methyl sites for hydroxylation is 1. The SMILES string of the molecule is C#CCCNC(=O)c1n[nH]c(CC)n1. The van der Waals surface area contributed by atoms with Crippen molar-refractivity contribution >= 4 is 5.91 Å². The van der Waals surface area contributed by atoms with E-state index in [1.54, 1.807) is 0 Å². The van der Waals surface area contributed by atoms with Gasteiger partial charge in [-0.3, -0.25) is 9.89 Å². The summed E-state index contributed by atoms with van der Waals surface area (Å²) in [5, 5.41) is 9.04. The third kappa shape index (κ3) is 2.59. The van der Waals surface area contributed by atoms with E-state index in [0.717, 1.165) is 6.42 Å². The molecule has 14 heavy (non-hydrogen) atoms. The lowest BCUT2D eigenvalue weighted by Crippen LogP contribution is -2.25. The number of hydrogen-bond acceptors (Lipinski definition) is 3. The van der Waals surface area contributed by atoms with Crippen LogP contribution in [0, 0.1) is 12.3 Å². The summed E-state index contributed by atoms with van der Waals surface area (Å²) in [6, 6.07) is 0. The highest BCUT2D eigenvalue weighted by Crippen LogP contribution is 1.92. The Morgan fingerprint density at radius 1 is 1.71 bits per heavy atom. The summed E-state index contributed by atoms with van der Waals surface area (Å²) in [6.45, 7) is 2.38. The predicted molar refractivity (Wildman–Crippen MR) is 51.5 cm³/mol. The van der Waals surface area contributed by atoms with E-state index in [-0.39, 0.29) is 11.7 Å². The molecule has 0 aromatic carbocycles. The highest BCUT2D eigenvalue weighted by molar-refractivity contribution is 5.90. The van der Waals surface area contributed by atoms with Crippen molar-refractivity contribution in [3.63, 3.8) is 0 Å². The fourth-order valence-corrected chi connectivity index (χ4v) is 0.882. The predicted octanol–water partition coefficient (Wildman–Crippen LogP) is 0.120. The van der Waals surface area contributed by atoms with E-state index in [2.05, 4.69) is 26.4 Å². The number of terminal acetylenes is 1. The Bertz CT molecular complexity index is 350. The maximum absolute atomic E-state index is 11.3. The Hall–Kier alpha value is -1.83. The zero-order valence-electron chi connectivity index (χ0n) is 8.00. The van der Waals surface area contributed by atoms with Gasteiger partial charge in [0.05, 0.1) is 0 Å². The minimum absolute atomic E-state index is 0.166. The molecule has 0 saturated heterocycles. The molecule has 1 aromatic heterocycles. The molecule has 0 aliphatic heterocycles. The van der Waals surface area contributed by atoms with Crippen molar-refractivity contribution in [1.29, 1.82) is 0 Å². The minimum Gasteiger partial charge on any atom is -0.348 e. The smallest absolute Gasteiger partial charge is 0.290 e. The number of rotatable bonds is 4. The van der Waals surface area contributed by atoms with E-state index in [1.807, 2.05) is 6.92 Å². The largest absolute Gasteiger partial charge is 0.348 e. The van der Waals surface area contributed by atoms with Gasteiger partial charge in [0.1, 0.15) is 5.82 Å². The Kier molecular flexibility index (Phi) is 3.68. The van der Waals surface area contributed by atoms with Crippen molar-refractivity contribution in [3.05, 3.63) is 11.6 Å². The molecular weight excluding hydrogens is 180 g/mol. The molecule has 0 fully saturated rings. The van der Waals surface area contributed by atoms with Crippen molar-refractivity contribution in [2.24, 2.45) is 0 Å². The third-order valence-corrected chi connectivity index (χ3v) is 1.62. The van der Waals surface area contributed by atoms with E-state index in [4.69, 9.17) is 6.42 Å². The van der Waals surface area contributed by atoms with Gasteiger partial charge in [-0.05, 0) is 0 Å². The van der Waals surface area contributed by atoms with Gasteiger partial charge in [0.2, 0.25) is 5.82 Å². The van der Waals surface area contributed by atoms with E-state index in [1.165, 1.54) is 0 Å². The van der Waals surface area contributed by atoms with Gasteiger partial charge in [-0.1, -0.05) is 6.92 Å². The molecular formula is C9H12N4O. The number of nitrogens with zero attached hydrogens (tertiary/aromatic N) is 2. The van der Waals surface area contributed by atoms with E-state index < -0.39 is 0 Å². The topological polar surface area (TPSA) is 70.7 Å². The van der Waals surface area contributed by atoms with Gasteiger partial charge in [0.25, 0.3) is 5.91 Å². The van der Waals surface area contributed by atoms with Crippen LogP contribution >= 0.6 is 0 Å². The van der Waals surface area contributed by atoms with Crippen molar-refractivity contribution < 1.29 is 4.79 Å². The summed E-state index contributed by atoms with van der Waals surface area (Å²) in [6.07, 6.45) is 6.28. The van der Waals surface area contributed by atoms with Crippen LogP contribution in [0.5, 0.6) is 0 Å². The zero-order valence-corrected chi connectivity index (χ0v) is 8.00. The summed E-state index contributed by atoms with van der Waals surface area (Å²) in [5.74, 6) is 3.00. The number of aromatic nitrogens is 3. The molecule has 5 heteroatoms. The fourth-order valence-electron chi connectivity index (χ4n) is 0.882. The second-order valence-corrected chi connectivity index (χ2v) is 2.67. The van der Waals surface area contributed by atoms with E-state index >= 15 is 0 Å². The van der Waals surface area contributed by atoms with Gasteiger partial charge < -0.3 is 5.32 Å². The van der Waals surface area contributed by atoms with Crippen LogP contribution < -0.4 is 5.32 Å². The summed E-state index contributed by atoms with van der Waals surface area (Å²) in [4.78, 5) is 15.3. The fraction of sp³-hybridized carbons (Fsp3) is 0.444. The first kappa shape index (κ1) is 10.3. The van der Waals surface area contributed by atoms with Gasteiger partial charge in [0, 0.05) is 19.4 Å². The maximum atomic E-state index is 11.3. The average molecular weight is 192 g/mol. The number of hydrogen-bond donors (Lipinski definition) is 2. The van der Waals surface area contributed by atoms with Crippen LogP contribution in [0.3, 0.4) is 0 Å². The molecule has 0 unspecified atom stereocenters. The van der Waals surface area contributed by atoms with Crippen molar-refractivity contribution in [3.8, 4) is 12.3 Å². The van der Waals surface area contributed by atoms with Crippen LogP contribution in [0.15, 0.2) is 0 Å². The molecule has 5 nitrogen and oxygen atoms in total. The molecule has 1 aromatic rings. The Balaban J connectivity index is 2.48. The van der Waals surface area contributed by atoms with E-state index in [0.29, 0.717) is 18.8 Å². The Morgan fingerprint density at radius 2 is 2.50 bits per heavy atom. The normalized spacial score (nSPS) is 9.43. The van der Waals surface area contributed by atoms with E-state index in [9.17, 15) is 4.79 Å². The highest BCUT2D eigenvalue weighted by atomic mass is 16.2. The van der Waals surface area contributed by atoms with Gasteiger partial charge in [0.15, 0.2) is 0 Å². The van der Waals surface area contributed by atoms with Crippen LogP contribution in [-0.4, -0.2) is 27.6 Å². The zero-order chi connectivity index (χ0) is 10.4. The molecule has 0 radical (unpaired) electrons. The number of amides is 1. The van der Waals surface area contributed by atoms with Gasteiger partial charge >= 0.3 is 0 Å². The van der Waals surface area contributed by atoms with Crippen molar-refractivity contribution in [2.75, 3.05) is 6.54 Å². The van der Waals surface area contributed by atoms with Crippen molar-refractivity contribution in [1.82, 2.24) is 20.5 Å². The standard InChI is InChI=1S/C9H12N4O/c1-3-5-6-10-9(14)8-11-7(4-2)12-13-8/h1H,4-6H2,2H3,(H,10,14)(H,11,12,13). The molecule has 1 amide bonds. The van der Waals surface area contributed by atoms with Gasteiger partial charge in [-0.15, -0.1) is 17.4 Å². The third-order valence-electron chi connectivity index (χ3n) is 1.62. The Labute approximate surface area is 82.3 Å². The lowest BCUT2D eigenvalue weighted by molar-refractivity contribution is 0.0944. The summed E-state index contributed by atoms with van der Waals surface area (Å²) in [7, 11) is 0. The monoisotopic (exact) mass is 192 g/mol. The van der Waals surface area contributed by atoms with Crippen LogP contribution in [0.2, 0.25) is 0 Å². The maximum Gasteiger partial charge on any atom is 0.290 e. The summed E-state index contributed by atoms with van der Waals surface area (Å²) >= 11 is 0. The molecule has 0 bridgehead atoms. The first-order chi connectivity index (χ1) is 6.77. The minimum atomic E-state index is -0.295. The first-order valence-electron chi connectivity index (χ1n) is 4.40. The number of nitrogens with one attached hydrogen (secondary N) is 2. The lowest BCUT2D eigenvalue weighted by atomic mass is 10.4. The number of aromatic amines is 1. The molecule has 74 valence electrons. The van der Waals surface area contributed by atoms with Crippen molar-refractivity contribution in [2.45, 2.75) is 19.8 Å². The van der Waals surface area contributed by atoms with Crippen LogP contribution in [0.4, 0.5) is 0 Å².